The molecule has 9 nitrogen and oxygen atoms in total. The molecule has 0 bridgehead atoms. The highest BCUT2D eigenvalue weighted by molar-refractivity contribution is 7.99. The molecule has 39 heavy (non-hydrogen) atoms. The van der Waals surface area contributed by atoms with Crippen molar-refractivity contribution in [3.05, 3.63) is 77.3 Å². The van der Waals surface area contributed by atoms with Crippen molar-refractivity contribution in [1.82, 2.24) is 20.2 Å². The van der Waals surface area contributed by atoms with Crippen LogP contribution < -0.4 is 15.1 Å². The summed E-state index contributed by atoms with van der Waals surface area (Å²) in [6, 6.07) is 20.2. The maximum Gasteiger partial charge on any atom is 0.250 e. The highest BCUT2D eigenvalue weighted by Gasteiger charge is 2.17. The summed E-state index contributed by atoms with van der Waals surface area (Å²) >= 11 is 7.33. The Morgan fingerprint density at radius 2 is 1.82 bits per heavy atom. The van der Waals surface area contributed by atoms with Crippen LogP contribution in [0.5, 0.6) is 11.5 Å². The molecular formula is C28H29ClN6O3S. The maximum absolute atomic E-state index is 12.5. The molecule has 0 unspecified atom stereocenters. The molecule has 0 spiro atoms. The lowest BCUT2D eigenvalue weighted by Crippen LogP contribution is -2.21. The third-order valence-electron chi connectivity index (χ3n) is 5.93. The number of aromatic hydroxyl groups is 1. The van der Waals surface area contributed by atoms with Crippen molar-refractivity contribution in [1.29, 1.82) is 0 Å². The van der Waals surface area contributed by atoms with Gasteiger partial charge in [-0.15, -0.1) is 10.2 Å². The second-order valence-electron chi connectivity index (χ2n) is 8.34. The Morgan fingerprint density at radius 3 is 2.46 bits per heavy atom. The van der Waals surface area contributed by atoms with Crippen LogP contribution in [0.3, 0.4) is 0 Å². The number of carbonyl (C=O) groups excluding carboxylic acids is 1. The van der Waals surface area contributed by atoms with Gasteiger partial charge in [0.1, 0.15) is 11.5 Å². The van der Waals surface area contributed by atoms with Crippen LogP contribution in [0.4, 0.5) is 5.69 Å². The van der Waals surface area contributed by atoms with Gasteiger partial charge in [0, 0.05) is 46.7 Å². The predicted octanol–water partition coefficient (Wildman–Crippen LogP) is 5.39. The Kier molecular flexibility index (Phi) is 9.45. The molecule has 0 fully saturated rings. The van der Waals surface area contributed by atoms with Gasteiger partial charge in [-0.05, 0) is 74.5 Å². The first-order valence-corrected chi connectivity index (χ1v) is 13.7. The van der Waals surface area contributed by atoms with E-state index in [0.29, 0.717) is 21.6 Å². The van der Waals surface area contributed by atoms with Gasteiger partial charge in [-0.25, -0.2) is 5.43 Å². The fraction of sp³-hybridized carbons (Fsp3) is 0.214. The Balaban J connectivity index is 1.46. The minimum atomic E-state index is -0.327. The van der Waals surface area contributed by atoms with Crippen molar-refractivity contribution in [3.63, 3.8) is 0 Å². The second kappa shape index (κ2) is 13.2. The number of phenols is 1. The number of hydrazone groups is 1. The van der Waals surface area contributed by atoms with E-state index in [1.807, 2.05) is 47.0 Å². The number of aromatic nitrogens is 3. The van der Waals surface area contributed by atoms with Crippen LogP contribution in [0.2, 0.25) is 5.02 Å². The number of benzene rings is 3. The largest absolute Gasteiger partial charge is 0.507 e. The Morgan fingerprint density at radius 1 is 1.10 bits per heavy atom. The summed E-state index contributed by atoms with van der Waals surface area (Å²) < 4.78 is 7.13. The number of phenolic OH excluding ortho intramolecular Hbond substituents is 1. The lowest BCUT2D eigenvalue weighted by Gasteiger charge is -2.21. The van der Waals surface area contributed by atoms with E-state index in [2.05, 4.69) is 39.5 Å². The van der Waals surface area contributed by atoms with Crippen LogP contribution in [0.15, 0.2) is 77.0 Å². The zero-order chi connectivity index (χ0) is 27.8. The summed E-state index contributed by atoms with van der Waals surface area (Å²) in [4.78, 5) is 14.7. The van der Waals surface area contributed by atoms with Crippen LogP contribution >= 0.6 is 23.4 Å². The Labute approximate surface area is 236 Å². The van der Waals surface area contributed by atoms with Crippen molar-refractivity contribution >= 4 is 41.2 Å². The highest BCUT2D eigenvalue weighted by atomic mass is 35.5. The average Bonchev–Trinajstić information content (AvgIpc) is 3.38. The molecule has 4 aromatic rings. The number of nitrogens with zero attached hydrogens (tertiary/aromatic N) is 5. The third kappa shape index (κ3) is 6.90. The number of nitrogens with one attached hydrogen (secondary N) is 1. The van der Waals surface area contributed by atoms with Gasteiger partial charge in [0.2, 0.25) is 0 Å². The topological polar surface area (TPSA) is 105 Å². The molecule has 202 valence electrons. The lowest BCUT2D eigenvalue weighted by molar-refractivity contribution is -0.118. The molecule has 1 heterocycles. The van der Waals surface area contributed by atoms with Crippen LogP contribution in [0, 0.1) is 0 Å². The van der Waals surface area contributed by atoms with E-state index in [9.17, 15) is 9.90 Å². The van der Waals surface area contributed by atoms with Gasteiger partial charge in [-0.3, -0.25) is 9.36 Å². The lowest BCUT2D eigenvalue weighted by atomic mass is 10.2. The van der Waals surface area contributed by atoms with Gasteiger partial charge in [0.25, 0.3) is 5.91 Å². The molecule has 0 radical (unpaired) electrons. The van der Waals surface area contributed by atoms with Crippen LogP contribution in [0.25, 0.3) is 17.1 Å². The smallest absolute Gasteiger partial charge is 0.250 e. The average molecular weight is 565 g/mol. The molecule has 4 rings (SSSR count). The molecule has 0 saturated carbocycles. The summed E-state index contributed by atoms with van der Waals surface area (Å²) in [5, 5.41) is 24.2. The second-order valence-corrected chi connectivity index (χ2v) is 9.72. The van der Waals surface area contributed by atoms with Gasteiger partial charge in [0.05, 0.1) is 19.1 Å². The summed E-state index contributed by atoms with van der Waals surface area (Å²) in [5.41, 5.74) is 5.58. The number of hydrogen-bond donors (Lipinski definition) is 2. The van der Waals surface area contributed by atoms with E-state index >= 15 is 0 Å². The normalized spacial score (nSPS) is 11.1. The number of hydrogen-bond acceptors (Lipinski definition) is 8. The third-order valence-corrected chi connectivity index (χ3v) is 7.12. The molecule has 0 atom stereocenters. The molecule has 1 amide bonds. The quantitative estimate of drug-likeness (QED) is 0.143. The first-order chi connectivity index (χ1) is 18.9. The summed E-state index contributed by atoms with van der Waals surface area (Å²) in [5.74, 6) is 1.17. The maximum atomic E-state index is 12.5. The SMILES string of the molecule is CCN(CC)c1ccc(/C=N/NC(=O)CSc2nnc(-c3ccc(OC)cc3)n2-c2ccc(Cl)cc2)c(O)c1. The first-order valence-electron chi connectivity index (χ1n) is 12.3. The first kappa shape index (κ1) is 28.0. The fourth-order valence-electron chi connectivity index (χ4n) is 3.88. The van der Waals surface area contributed by atoms with E-state index in [4.69, 9.17) is 16.3 Å². The van der Waals surface area contributed by atoms with Crippen molar-refractivity contribution in [2.75, 3.05) is 30.9 Å². The van der Waals surface area contributed by atoms with Crippen molar-refractivity contribution in [2.24, 2.45) is 5.10 Å². The number of halogens is 1. The van der Waals surface area contributed by atoms with Crippen molar-refractivity contribution in [3.8, 4) is 28.6 Å². The molecule has 3 aromatic carbocycles. The molecule has 11 heteroatoms. The number of amides is 1. The van der Waals surface area contributed by atoms with E-state index in [1.165, 1.54) is 18.0 Å². The fourth-order valence-corrected chi connectivity index (χ4v) is 4.75. The zero-order valence-corrected chi connectivity index (χ0v) is 23.4. The van der Waals surface area contributed by atoms with Crippen LogP contribution in [-0.2, 0) is 4.79 Å². The highest BCUT2D eigenvalue weighted by Crippen LogP contribution is 2.29. The van der Waals surface area contributed by atoms with Gasteiger partial charge >= 0.3 is 0 Å². The minimum absolute atomic E-state index is 0.0541. The number of carbonyl (C=O) groups is 1. The number of ether oxygens (including phenoxy) is 1. The number of thioether (sulfide) groups is 1. The molecule has 0 saturated heterocycles. The molecule has 0 aliphatic rings. The van der Waals surface area contributed by atoms with Crippen molar-refractivity contribution in [2.45, 2.75) is 19.0 Å². The minimum Gasteiger partial charge on any atom is -0.507 e. The summed E-state index contributed by atoms with van der Waals surface area (Å²) in [7, 11) is 1.61. The number of anilines is 1. The molecule has 0 aliphatic carbocycles. The van der Waals surface area contributed by atoms with Gasteiger partial charge < -0.3 is 14.7 Å². The molecular weight excluding hydrogens is 536 g/mol. The Hall–Kier alpha value is -4.02. The van der Waals surface area contributed by atoms with Crippen molar-refractivity contribution < 1.29 is 14.6 Å². The van der Waals surface area contributed by atoms with Crippen LogP contribution in [0.1, 0.15) is 19.4 Å². The predicted molar refractivity (Wildman–Crippen MR) is 156 cm³/mol. The Bertz CT molecular complexity index is 1440. The van der Waals surface area contributed by atoms with E-state index in [1.54, 1.807) is 31.4 Å². The summed E-state index contributed by atoms with van der Waals surface area (Å²) in [6.07, 6.45) is 1.42. The monoisotopic (exact) mass is 564 g/mol. The molecule has 0 aliphatic heterocycles. The van der Waals surface area contributed by atoms with Gasteiger partial charge in [-0.1, -0.05) is 23.4 Å². The zero-order valence-electron chi connectivity index (χ0n) is 21.8. The van der Waals surface area contributed by atoms with E-state index in [0.717, 1.165) is 35.8 Å². The van der Waals surface area contributed by atoms with E-state index in [-0.39, 0.29) is 17.4 Å². The van der Waals surface area contributed by atoms with Crippen LogP contribution in [-0.4, -0.2) is 57.9 Å². The van der Waals surface area contributed by atoms with E-state index < -0.39 is 0 Å². The summed E-state index contributed by atoms with van der Waals surface area (Å²) in [6.45, 7) is 5.79. The molecule has 2 N–H and O–H groups in total. The number of methoxy groups -OCH3 is 1. The van der Waals surface area contributed by atoms with Gasteiger partial charge in [0.15, 0.2) is 11.0 Å². The standard InChI is InChI=1S/C28H29ClN6O3S/c1-4-34(5-2)23-11-6-20(25(36)16-23)17-30-31-26(37)18-39-28-33-32-27(19-7-14-24(38-3)15-8-19)35(28)22-12-9-21(29)10-13-22/h6-17,36H,4-5,18H2,1-3H3,(H,31,37)/b30-17+. The van der Waals surface area contributed by atoms with Gasteiger partial charge in [-0.2, -0.15) is 5.10 Å². The number of rotatable bonds is 11. The molecule has 1 aromatic heterocycles.